The number of fused-ring (bicyclic) bond motifs is 1. The second-order valence-electron chi connectivity index (χ2n) is 6.95. The standard InChI is InChI=1S/C20H23N3O5/c1-20(2,10-24)18(25)12-8-21-19-16(12)23-13(9-22-19)11-6-14(26-3)17(28-5)15(7-11)27-4/h6-10,18,25H,1-5H3,(H,21,22). The first-order valence-corrected chi connectivity index (χ1v) is 8.65. The van der Waals surface area contributed by atoms with Gasteiger partial charge in [-0.25, -0.2) is 9.97 Å². The predicted molar refractivity (Wildman–Crippen MR) is 104 cm³/mol. The molecule has 0 fully saturated rings. The molecule has 28 heavy (non-hydrogen) atoms. The van der Waals surface area contributed by atoms with Crippen LogP contribution in [0.25, 0.3) is 22.4 Å². The van der Waals surface area contributed by atoms with Gasteiger partial charge in [0.2, 0.25) is 5.75 Å². The van der Waals surface area contributed by atoms with Crippen LogP contribution in [0.2, 0.25) is 0 Å². The van der Waals surface area contributed by atoms with Crippen LogP contribution in [0.5, 0.6) is 17.2 Å². The third-order valence-corrected chi connectivity index (χ3v) is 4.67. The molecule has 0 aliphatic rings. The van der Waals surface area contributed by atoms with Crippen LogP contribution < -0.4 is 14.2 Å². The number of nitrogens with one attached hydrogen (secondary N) is 1. The van der Waals surface area contributed by atoms with E-state index < -0.39 is 11.5 Å². The molecular formula is C20H23N3O5. The Labute approximate surface area is 162 Å². The maximum absolute atomic E-state index is 11.3. The molecular weight excluding hydrogens is 362 g/mol. The quantitative estimate of drug-likeness (QED) is 0.602. The topological polar surface area (TPSA) is 107 Å². The number of carbonyl (C=O) groups excluding carboxylic acids is 1. The zero-order valence-corrected chi connectivity index (χ0v) is 16.4. The molecule has 0 radical (unpaired) electrons. The van der Waals surface area contributed by atoms with Crippen LogP contribution in [0, 0.1) is 5.41 Å². The molecule has 3 aromatic rings. The second kappa shape index (κ2) is 7.47. The Hall–Kier alpha value is -3.13. The molecule has 1 atom stereocenters. The lowest BCUT2D eigenvalue weighted by molar-refractivity contribution is -0.120. The van der Waals surface area contributed by atoms with Gasteiger partial charge in [0.15, 0.2) is 17.1 Å². The Balaban J connectivity index is 2.15. The van der Waals surface area contributed by atoms with Gasteiger partial charge in [-0.2, -0.15) is 0 Å². The average molecular weight is 385 g/mol. The van der Waals surface area contributed by atoms with Crippen molar-refractivity contribution in [1.29, 1.82) is 0 Å². The summed E-state index contributed by atoms with van der Waals surface area (Å²) in [6.45, 7) is 3.33. The van der Waals surface area contributed by atoms with Crippen LogP contribution in [-0.2, 0) is 4.79 Å². The summed E-state index contributed by atoms with van der Waals surface area (Å²) in [7, 11) is 4.62. The molecule has 0 amide bonds. The molecule has 2 N–H and O–H groups in total. The monoisotopic (exact) mass is 385 g/mol. The zero-order valence-electron chi connectivity index (χ0n) is 16.4. The highest BCUT2D eigenvalue weighted by atomic mass is 16.5. The largest absolute Gasteiger partial charge is 0.493 e. The number of aromatic nitrogens is 3. The van der Waals surface area contributed by atoms with Crippen molar-refractivity contribution in [2.24, 2.45) is 5.41 Å². The van der Waals surface area contributed by atoms with Crippen molar-refractivity contribution in [3.8, 4) is 28.5 Å². The molecule has 0 aliphatic carbocycles. The van der Waals surface area contributed by atoms with Gasteiger partial charge in [-0.3, -0.25) is 0 Å². The number of methoxy groups -OCH3 is 3. The summed E-state index contributed by atoms with van der Waals surface area (Å²) < 4.78 is 16.1. The Morgan fingerprint density at radius 2 is 1.79 bits per heavy atom. The van der Waals surface area contributed by atoms with E-state index in [1.165, 1.54) is 21.3 Å². The van der Waals surface area contributed by atoms with E-state index >= 15 is 0 Å². The van der Waals surface area contributed by atoms with E-state index in [1.54, 1.807) is 38.4 Å². The number of hydrogen-bond donors (Lipinski definition) is 2. The molecule has 0 aliphatic heterocycles. The van der Waals surface area contributed by atoms with Crippen LogP contribution >= 0.6 is 0 Å². The zero-order chi connectivity index (χ0) is 20.5. The minimum atomic E-state index is -1.02. The number of rotatable bonds is 7. The maximum atomic E-state index is 11.3. The van der Waals surface area contributed by atoms with Gasteiger partial charge >= 0.3 is 0 Å². The molecule has 0 saturated heterocycles. The third kappa shape index (κ3) is 3.27. The van der Waals surface area contributed by atoms with Gasteiger partial charge in [0.1, 0.15) is 11.8 Å². The second-order valence-corrected chi connectivity index (χ2v) is 6.95. The Bertz CT molecular complexity index is 987. The van der Waals surface area contributed by atoms with Gasteiger partial charge in [-0.05, 0) is 12.1 Å². The molecule has 2 heterocycles. The van der Waals surface area contributed by atoms with Crippen LogP contribution in [0.4, 0.5) is 0 Å². The van der Waals surface area contributed by atoms with Crippen molar-refractivity contribution >= 4 is 17.5 Å². The number of aliphatic hydroxyl groups excluding tert-OH is 1. The van der Waals surface area contributed by atoms with Gasteiger partial charge in [0.25, 0.3) is 0 Å². The van der Waals surface area contributed by atoms with Crippen molar-refractivity contribution in [3.05, 3.63) is 30.1 Å². The maximum Gasteiger partial charge on any atom is 0.203 e. The minimum absolute atomic E-state index is 0.480. The molecule has 8 heteroatoms. The first-order valence-electron chi connectivity index (χ1n) is 8.65. The number of hydrogen-bond acceptors (Lipinski definition) is 7. The summed E-state index contributed by atoms with van der Waals surface area (Å²) in [6.07, 6.45) is 2.94. The normalized spacial score (nSPS) is 12.6. The van der Waals surface area contributed by atoms with Crippen molar-refractivity contribution in [3.63, 3.8) is 0 Å². The van der Waals surface area contributed by atoms with Gasteiger partial charge in [-0.15, -0.1) is 0 Å². The van der Waals surface area contributed by atoms with Crippen molar-refractivity contribution < 1.29 is 24.1 Å². The number of aldehydes is 1. The van der Waals surface area contributed by atoms with E-state index in [9.17, 15) is 9.90 Å². The van der Waals surface area contributed by atoms with Crippen LogP contribution in [0.15, 0.2) is 24.5 Å². The van der Waals surface area contributed by atoms with Gasteiger partial charge in [0.05, 0.1) is 44.7 Å². The minimum Gasteiger partial charge on any atom is -0.493 e. The first-order chi connectivity index (χ1) is 13.4. The highest BCUT2D eigenvalue weighted by Crippen LogP contribution is 2.41. The van der Waals surface area contributed by atoms with Crippen molar-refractivity contribution in [2.45, 2.75) is 20.0 Å². The molecule has 0 saturated carbocycles. The summed E-state index contributed by atoms with van der Waals surface area (Å²) in [5.41, 5.74) is 1.83. The molecule has 0 bridgehead atoms. The number of H-pyrrole nitrogens is 1. The molecule has 2 aromatic heterocycles. The predicted octanol–water partition coefficient (Wildman–Crippen LogP) is 2.91. The lowest BCUT2D eigenvalue weighted by Gasteiger charge is -2.23. The molecule has 0 spiro atoms. The van der Waals surface area contributed by atoms with Crippen LogP contribution in [0.3, 0.4) is 0 Å². The van der Waals surface area contributed by atoms with E-state index in [0.29, 0.717) is 45.2 Å². The van der Waals surface area contributed by atoms with E-state index in [0.717, 1.165) is 6.29 Å². The fourth-order valence-electron chi connectivity index (χ4n) is 2.95. The van der Waals surface area contributed by atoms with Crippen molar-refractivity contribution in [1.82, 2.24) is 15.0 Å². The summed E-state index contributed by atoms with van der Waals surface area (Å²) in [5, 5.41) is 10.7. The lowest BCUT2D eigenvalue weighted by Crippen LogP contribution is -2.23. The Morgan fingerprint density at radius 3 is 2.32 bits per heavy atom. The highest BCUT2D eigenvalue weighted by Gasteiger charge is 2.31. The number of aromatic amines is 1. The van der Waals surface area contributed by atoms with Crippen LogP contribution in [0.1, 0.15) is 25.5 Å². The number of benzene rings is 1. The lowest BCUT2D eigenvalue weighted by atomic mass is 9.85. The fourth-order valence-corrected chi connectivity index (χ4v) is 2.95. The van der Waals surface area contributed by atoms with E-state index in [2.05, 4.69) is 15.0 Å². The van der Waals surface area contributed by atoms with E-state index in [-0.39, 0.29) is 0 Å². The molecule has 148 valence electrons. The average Bonchev–Trinajstić information content (AvgIpc) is 3.14. The molecule has 8 nitrogen and oxygen atoms in total. The number of aliphatic hydroxyl groups is 1. The Kier molecular flexibility index (Phi) is 5.24. The van der Waals surface area contributed by atoms with E-state index in [4.69, 9.17) is 14.2 Å². The van der Waals surface area contributed by atoms with Crippen molar-refractivity contribution in [2.75, 3.05) is 21.3 Å². The van der Waals surface area contributed by atoms with Gasteiger partial charge in [-0.1, -0.05) is 13.8 Å². The fraction of sp³-hybridized carbons (Fsp3) is 0.350. The summed E-state index contributed by atoms with van der Waals surface area (Å²) in [6, 6.07) is 3.55. The first kappa shape index (κ1) is 19.6. The van der Waals surface area contributed by atoms with Crippen LogP contribution in [-0.4, -0.2) is 47.7 Å². The van der Waals surface area contributed by atoms with E-state index in [1.807, 2.05) is 0 Å². The molecule has 1 aromatic carbocycles. The highest BCUT2D eigenvalue weighted by molar-refractivity contribution is 5.80. The SMILES string of the molecule is COc1cc(-c2cnc3[nH]cc(C(O)C(C)(C)C=O)c3n2)cc(OC)c1OC. The summed E-state index contributed by atoms with van der Waals surface area (Å²) >= 11 is 0. The molecule has 1 unspecified atom stereocenters. The smallest absolute Gasteiger partial charge is 0.203 e. The number of nitrogens with zero attached hydrogens (tertiary/aromatic N) is 2. The summed E-state index contributed by atoms with van der Waals surface area (Å²) in [4.78, 5) is 23.4. The Morgan fingerprint density at radius 1 is 1.14 bits per heavy atom. The molecule has 3 rings (SSSR count). The van der Waals surface area contributed by atoms with Gasteiger partial charge in [0, 0.05) is 17.3 Å². The number of ether oxygens (including phenoxy) is 3. The van der Waals surface area contributed by atoms with Gasteiger partial charge < -0.3 is 29.1 Å². The number of carbonyl (C=O) groups is 1. The third-order valence-electron chi connectivity index (χ3n) is 4.67. The summed E-state index contributed by atoms with van der Waals surface area (Å²) in [5.74, 6) is 1.47.